The van der Waals surface area contributed by atoms with E-state index in [4.69, 9.17) is 0 Å². The normalized spacial score (nSPS) is 17.6. The van der Waals surface area contributed by atoms with E-state index in [-0.39, 0.29) is 5.56 Å². The summed E-state index contributed by atoms with van der Waals surface area (Å²) >= 11 is 1.60. The lowest BCUT2D eigenvalue weighted by Crippen LogP contribution is -2.47. The Morgan fingerprint density at radius 3 is 2.65 bits per heavy atom. The van der Waals surface area contributed by atoms with Crippen molar-refractivity contribution in [1.29, 1.82) is 0 Å². The molecule has 1 saturated heterocycles. The third kappa shape index (κ3) is 3.86. The molecule has 1 fully saturated rings. The molecule has 26 heavy (non-hydrogen) atoms. The average molecular weight is 370 g/mol. The number of hydrogen-bond donors (Lipinski definition) is 2. The number of H-pyrrole nitrogens is 1. The molecule has 3 heterocycles. The summed E-state index contributed by atoms with van der Waals surface area (Å²) in [5.74, 6) is 0.709. The number of aliphatic hydroxyl groups is 1. The van der Waals surface area contributed by atoms with Gasteiger partial charge in [0.05, 0.1) is 17.4 Å². The Morgan fingerprint density at radius 2 is 1.88 bits per heavy atom. The lowest BCUT2D eigenvalue weighted by atomic mass is 10.2. The Kier molecular flexibility index (Phi) is 5.12. The second kappa shape index (κ2) is 7.67. The molecule has 4 rings (SSSR count). The Bertz CT molecular complexity index is 917. The molecule has 136 valence electrons. The highest BCUT2D eigenvalue weighted by Gasteiger charge is 2.21. The number of nitrogens with one attached hydrogen (secondary N) is 1. The molecule has 0 spiro atoms. The van der Waals surface area contributed by atoms with Crippen LogP contribution in [0.25, 0.3) is 10.9 Å². The molecule has 7 heteroatoms. The van der Waals surface area contributed by atoms with Crippen molar-refractivity contribution in [2.45, 2.75) is 12.6 Å². The fourth-order valence-electron chi connectivity index (χ4n) is 3.37. The number of thiophene rings is 1. The number of hydrogen-bond acceptors (Lipinski definition) is 6. The first kappa shape index (κ1) is 17.4. The summed E-state index contributed by atoms with van der Waals surface area (Å²) in [6.07, 6.45) is -0.417. The molecule has 0 amide bonds. The van der Waals surface area contributed by atoms with E-state index >= 15 is 0 Å². The topological polar surface area (TPSA) is 72.5 Å². The molecule has 2 N–H and O–H groups in total. The molecule has 0 unspecified atom stereocenters. The van der Waals surface area contributed by atoms with Crippen molar-refractivity contribution in [2.75, 3.05) is 32.7 Å². The Labute approximate surface area is 155 Å². The number of β-amino-alcohol motifs (C(OH)–C–C–N with tert-alkyl or cyclic N) is 1. The molecule has 3 aromatic rings. The van der Waals surface area contributed by atoms with Crippen LogP contribution in [0.15, 0.2) is 46.6 Å². The van der Waals surface area contributed by atoms with Gasteiger partial charge in [-0.3, -0.25) is 14.6 Å². The highest BCUT2D eigenvalue weighted by Crippen LogP contribution is 2.20. The molecule has 1 atom stereocenters. The minimum Gasteiger partial charge on any atom is -0.386 e. The summed E-state index contributed by atoms with van der Waals surface area (Å²) in [6.45, 7) is 4.91. The van der Waals surface area contributed by atoms with Gasteiger partial charge in [0.15, 0.2) is 0 Å². The number of rotatable bonds is 5. The van der Waals surface area contributed by atoms with Gasteiger partial charge in [0.25, 0.3) is 5.56 Å². The standard InChI is InChI=1S/C19H22N4O2S/c24-16(17-6-3-11-26-17)12-22-7-9-23(10-8-22)13-18-20-15-5-2-1-4-14(15)19(25)21-18/h1-6,11,16,24H,7-10,12-13H2,(H,20,21,25)/t16-/m1/s1. The van der Waals surface area contributed by atoms with Gasteiger partial charge in [0.1, 0.15) is 11.9 Å². The van der Waals surface area contributed by atoms with E-state index in [1.165, 1.54) is 0 Å². The van der Waals surface area contributed by atoms with Crippen LogP contribution < -0.4 is 5.56 Å². The monoisotopic (exact) mass is 370 g/mol. The maximum atomic E-state index is 12.2. The Balaban J connectivity index is 1.35. The molecule has 6 nitrogen and oxygen atoms in total. The van der Waals surface area contributed by atoms with Crippen molar-refractivity contribution < 1.29 is 5.11 Å². The molecule has 0 bridgehead atoms. The first-order chi connectivity index (χ1) is 12.7. The van der Waals surface area contributed by atoms with E-state index in [2.05, 4.69) is 19.8 Å². The molecule has 0 aliphatic carbocycles. The van der Waals surface area contributed by atoms with Crippen LogP contribution in [0.3, 0.4) is 0 Å². The van der Waals surface area contributed by atoms with Crippen LogP contribution in [-0.4, -0.2) is 57.6 Å². The van der Waals surface area contributed by atoms with Gasteiger partial charge in [0.2, 0.25) is 0 Å². The molecule has 1 aliphatic heterocycles. The lowest BCUT2D eigenvalue weighted by Gasteiger charge is -2.35. The summed E-state index contributed by atoms with van der Waals surface area (Å²) in [5.41, 5.74) is 0.660. The van der Waals surface area contributed by atoms with Gasteiger partial charge in [-0.25, -0.2) is 4.98 Å². The molecule has 0 radical (unpaired) electrons. The second-order valence-electron chi connectivity index (χ2n) is 6.64. The predicted octanol–water partition coefficient (Wildman–Crippen LogP) is 1.84. The van der Waals surface area contributed by atoms with Crippen molar-refractivity contribution in [3.8, 4) is 0 Å². The van der Waals surface area contributed by atoms with E-state index in [0.29, 0.717) is 24.3 Å². The number of para-hydroxylation sites is 1. The van der Waals surface area contributed by atoms with Crippen molar-refractivity contribution >= 4 is 22.2 Å². The lowest BCUT2D eigenvalue weighted by molar-refractivity contribution is 0.0707. The smallest absolute Gasteiger partial charge is 0.258 e. The number of nitrogens with zero attached hydrogens (tertiary/aromatic N) is 3. The zero-order chi connectivity index (χ0) is 17.9. The van der Waals surface area contributed by atoms with Gasteiger partial charge in [-0.15, -0.1) is 11.3 Å². The average Bonchev–Trinajstić information content (AvgIpc) is 3.18. The van der Waals surface area contributed by atoms with Crippen LogP contribution in [0.1, 0.15) is 16.8 Å². The van der Waals surface area contributed by atoms with Crippen molar-refractivity contribution in [1.82, 2.24) is 19.8 Å². The number of piperazine rings is 1. The molecular formula is C19H22N4O2S. The fourth-order valence-corrected chi connectivity index (χ4v) is 4.07. The molecule has 1 aromatic carbocycles. The minimum atomic E-state index is -0.417. The van der Waals surface area contributed by atoms with E-state index in [0.717, 1.165) is 36.6 Å². The Morgan fingerprint density at radius 1 is 1.12 bits per heavy atom. The van der Waals surface area contributed by atoms with Gasteiger partial charge >= 0.3 is 0 Å². The van der Waals surface area contributed by atoms with Crippen molar-refractivity contribution in [3.05, 3.63) is 62.8 Å². The summed E-state index contributed by atoms with van der Waals surface area (Å²) < 4.78 is 0. The predicted molar refractivity (Wildman–Crippen MR) is 103 cm³/mol. The van der Waals surface area contributed by atoms with Crippen LogP contribution in [0.5, 0.6) is 0 Å². The SMILES string of the molecule is O=c1[nH]c(CN2CCN(C[C@@H](O)c3cccs3)CC2)nc2ccccc12. The van der Waals surface area contributed by atoms with E-state index in [9.17, 15) is 9.90 Å². The number of fused-ring (bicyclic) bond motifs is 1. The Hall–Kier alpha value is -2.06. The quantitative estimate of drug-likeness (QED) is 0.717. The molecule has 1 aliphatic rings. The summed E-state index contributed by atoms with van der Waals surface area (Å²) in [6, 6.07) is 11.4. The maximum Gasteiger partial charge on any atom is 0.258 e. The third-order valence-corrected chi connectivity index (χ3v) is 5.78. The van der Waals surface area contributed by atoms with E-state index in [1.807, 2.05) is 35.7 Å². The van der Waals surface area contributed by atoms with Gasteiger partial charge in [-0.2, -0.15) is 0 Å². The van der Waals surface area contributed by atoms with Gasteiger partial charge in [-0.05, 0) is 23.6 Å². The first-order valence-electron chi connectivity index (χ1n) is 8.83. The second-order valence-corrected chi connectivity index (χ2v) is 7.62. The molecule has 2 aromatic heterocycles. The van der Waals surface area contributed by atoms with E-state index < -0.39 is 6.10 Å². The van der Waals surface area contributed by atoms with Gasteiger partial charge in [0, 0.05) is 37.6 Å². The van der Waals surface area contributed by atoms with Crippen LogP contribution in [-0.2, 0) is 6.54 Å². The largest absolute Gasteiger partial charge is 0.386 e. The van der Waals surface area contributed by atoms with Crippen molar-refractivity contribution in [3.63, 3.8) is 0 Å². The highest BCUT2D eigenvalue weighted by atomic mass is 32.1. The van der Waals surface area contributed by atoms with Crippen LogP contribution in [0.2, 0.25) is 0 Å². The maximum absolute atomic E-state index is 12.2. The van der Waals surface area contributed by atoms with Gasteiger partial charge < -0.3 is 10.1 Å². The van der Waals surface area contributed by atoms with Crippen LogP contribution in [0.4, 0.5) is 0 Å². The zero-order valence-electron chi connectivity index (χ0n) is 14.5. The van der Waals surface area contributed by atoms with Crippen LogP contribution >= 0.6 is 11.3 Å². The fraction of sp³-hybridized carbons (Fsp3) is 0.368. The van der Waals surface area contributed by atoms with Crippen LogP contribution in [0, 0.1) is 0 Å². The third-order valence-electron chi connectivity index (χ3n) is 4.80. The molecular weight excluding hydrogens is 348 g/mol. The number of aliphatic hydroxyl groups excluding tert-OH is 1. The number of aromatic amines is 1. The van der Waals surface area contributed by atoms with Gasteiger partial charge in [-0.1, -0.05) is 18.2 Å². The summed E-state index contributed by atoms with van der Waals surface area (Å²) in [7, 11) is 0. The summed E-state index contributed by atoms with van der Waals surface area (Å²) in [5, 5.41) is 12.9. The first-order valence-corrected chi connectivity index (χ1v) is 9.71. The molecule has 0 saturated carbocycles. The van der Waals surface area contributed by atoms with Crippen molar-refractivity contribution in [2.24, 2.45) is 0 Å². The minimum absolute atomic E-state index is 0.0803. The zero-order valence-corrected chi connectivity index (χ0v) is 15.3. The highest BCUT2D eigenvalue weighted by molar-refractivity contribution is 7.10. The number of benzene rings is 1. The van der Waals surface area contributed by atoms with E-state index in [1.54, 1.807) is 17.4 Å². The summed E-state index contributed by atoms with van der Waals surface area (Å²) in [4.78, 5) is 25.3. The number of aromatic nitrogens is 2.